The molecule has 0 spiro atoms. The number of ketones is 1. The van der Waals surface area contributed by atoms with Crippen LogP contribution in [0.25, 0.3) is 0 Å². The average Bonchev–Trinajstić information content (AvgIpc) is 3.02. The van der Waals surface area contributed by atoms with Crippen molar-refractivity contribution in [3.05, 3.63) is 22.5 Å². The summed E-state index contributed by atoms with van der Waals surface area (Å²) in [6.07, 6.45) is 4.08. The second kappa shape index (κ2) is 7.30. The van der Waals surface area contributed by atoms with E-state index in [1.807, 2.05) is 13.8 Å². The Morgan fingerprint density at radius 1 is 1.35 bits per heavy atom. The van der Waals surface area contributed by atoms with E-state index in [9.17, 15) is 14.7 Å². The molecule has 0 saturated heterocycles. The Labute approximate surface area is 138 Å². The summed E-state index contributed by atoms with van der Waals surface area (Å²) in [5.74, 6) is 0.0557. The number of carbonyl (C=O) groups excluding carboxylic acids is 2. The van der Waals surface area contributed by atoms with Crippen molar-refractivity contribution in [3.63, 3.8) is 0 Å². The van der Waals surface area contributed by atoms with Crippen LogP contribution in [-0.4, -0.2) is 46.4 Å². The minimum atomic E-state index is -0.307. The van der Waals surface area contributed by atoms with Gasteiger partial charge < -0.3 is 15.0 Å². The number of nitrogens with zero attached hydrogens (tertiary/aromatic N) is 1. The number of amides is 1. The van der Waals surface area contributed by atoms with E-state index in [1.54, 1.807) is 18.9 Å². The van der Waals surface area contributed by atoms with E-state index >= 15 is 0 Å². The number of carbonyl (C=O) groups is 2. The highest BCUT2D eigenvalue weighted by atomic mass is 16.3. The third-order valence-electron chi connectivity index (χ3n) is 4.83. The molecule has 2 rings (SSSR count). The first kappa shape index (κ1) is 17.7. The zero-order valence-corrected chi connectivity index (χ0v) is 14.6. The smallest absolute Gasteiger partial charge is 0.270 e. The zero-order chi connectivity index (χ0) is 17.1. The average molecular weight is 320 g/mol. The van der Waals surface area contributed by atoms with Crippen LogP contribution in [0.4, 0.5) is 0 Å². The Kier molecular flexibility index (Phi) is 5.63. The van der Waals surface area contributed by atoms with Crippen molar-refractivity contribution in [1.82, 2.24) is 9.88 Å². The minimum Gasteiger partial charge on any atom is -0.393 e. The molecule has 0 bridgehead atoms. The van der Waals surface area contributed by atoms with E-state index in [4.69, 9.17) is 0 Å². The van der Waals surface area contributed by atoms with Gasteiger partial charge in [0.15, 0.2) is 5.78 Å². The molecule has 2 N–H and O–H groups in total. The standard InChI is InChI=1S/C18H28N2O3/c1-5-7-14-16(12(3)21)11(2)19-17(14)18(23)20(4)10-13-8-6-9-15(13)22/h13,15,19,22H,5-10H2,1-4H3. The van der Waals surface area contributed by atoms with Crippen LogP contribution >= 0.6 is 0 Å². The fourth-order valence-electron chi connectivity index (χ4n) is 3.69. The highest BCUT2D eigenvalue weighted by Gasteiger charge is 2.29. The van der Waals surface area contributed by atoms with Crippen molar-refractivity contribution < 1.29 is 14.7 Å². The fourth-order valence-corrected chi connectivity index (χ4v) is 3.69. The highest BCUT2D eigenvalue weighted by molar-refractivity contribution is 6.02. The number of H-pyrrole nitrogens is 1. The first-order valence-electron chi connectivity index (χ1n) is 8.52. The highest BCUT2D eigenvalue weighted by Crippen LogP contribution is 2.27. The minimum absolute atomic E-state index is 0.00452. The number of aliphatic hydroxyl groups is 1. The van der Waals surface area contributed by atoms with Gasteiger partial charge in [-0.1, -0.05) is 19.8 Å². The first-order chi connectivity index (χ1) is 10.9. The molecule has 1 aromatic heterocycles. The molecule has 1 aliphatic carbocycles. The first-order valence-corrected chi connectivity index (χ1v) is 8.52. The molecule has 5 nitrogen and oxygen atoms in total. The number of nitrogens with one attached hydrogen (secondary N) is 1. The molecule has 5 heteroatoms. The number of aliphatic hydroxyl groups excluding tert-OH is 1. The number of aromatic amines is 1. The fraction of sp³-hybridized carbons (Fsp3) is 0.667. The SMILES string of the molecule is CCCc1c(C(=O)N(C)CC2CCCC2O)[nH]c(C)c1C(C)=O. The summed E-state index contributed by atoms with van der Waals surface area (Å²) in [4.78, 5) is 29.5. The summed E-state index contributed by atoms with van der Waals surface area (Å²) < 4.78 is 0. The summed E-state index contributed by atoms with van der Waals surface area (Å²) in [7, 11) is 1.77. The second-order valence-electron chi connectivity index (χ2n) is 6.73. The monoisotopic (exact) mass is 320 g/mol. The van der Waals surface area contributed by atoms with Crippen LogP contribution in [0.1, 0.15) is 71.6 Å². The predicted octanol–water partition coefficient (Wildman–Crippen LogP) is 2.71. The largest absolute Gasteiger partial charge is 0.393 e. The zero-order valence-electron chi connectivity index (χ0n) is 14.6. The molecule has 1 saturated carbocycles. The van der Waals surface area contributed by atoms with Gasteiger partial charge in [-0.3, -0.25) is 9.59 Å². The van der Waals surface area contributed by atoms with Gasteiger partial charge in [-0.2, -0.15) is 0 Å². The van der Waals surface area contributed by atoms with Gasteiger partial charge in [-0.15, -0.1) is 0 Å². The van der Waals surface area contributed by atoms with Crippen molar-refractivity contribution in [1.29, 1.82) is 0 Å². The van der Waals surface area contributed by atoms with E-state index in [0.29, 0.717) is 24.2 Å². The Morgan fingerprint density at radius 2 is 2.04 bits per heavy atom. The van der Waals surface area contributed by atoms with Gasteiger partial charge in [0.25, 0.3) is 5.91 Å². The topological polar surface area (TPSA) is 73.4 Å². The van der Waals surface area contributed by atoms with Crippen LogP contribution in [0.2, 0.25) is 0 Å². The lowest BCUT2D eigenvalue weighted by Crippen LogP contribution is -2.35. The van der Waals surface area contributed by atoms with E-state index in [-0.39, 0.29) is 23.7 Å². The predicted molar refractivity (Wildman–Crippen MR) is 89.8 cm³/mol. The maximum Gasteiger partial charge on any atom is 0.270 e. The second-order valence-corrected chi connectivity index (χ2v) is 6.73. The van der Waals surface area contributed by atoms with Gasteiger partial charge in [0, 0.05) is 30.8 Å². The van der Waals surface area contributed by atoms with Gasteiger partial charge >= 0.3 is 0 Å². The van der Waals surface area contributed by atoms with E-state index < -0.39 is 0 Å². The lowest BCUT2D eigenvalue weighted by atomic mass is 10.0. The van der Waals surface area contributed by atoms with Crippen molar-refractivity contribution in [3.8, 4) is 0 Å². The van der Waals surface area contributed by atoms with Gasteiger partial charge in [0.2, 0.25) is 0 Å². The lowest BCUT2D eigenvalue weighted by Gasteiger charge is -2.23. The maximum atomic E-state index is 12.8. The summed E-state index contributed by atoms with van der Waals surface area (Å²) in [5, 5.41) is 9.96. The molecule has 1 fully saturated rings. The van der Waals surface area contributed by atoms with Crippen molar-refractivity contribution in [2.75, 3.05) is 13.6 Å². The number of hydrogen-bond donors (Lipinski definition) is 2. The van der Waals surface area contributed by atoms with Crippen LogP contribution in [0.5, 0.6) is 0 Å². The molecule has 1 heterocycles. The molecule has 1 aliphatic rings. The molecule has 2 atom stereocenters. The normalized spacial score (nSPS) is 20.7. The van der Waals surface area contributed by atoms with Crippen LogP contribution in [0.3, 0.4) is 0 Å². The van der Waals surface area contributed by atoms with Crippen LogP contribution < -0.4 is 0 Å². The Bertz CT molecular complexity index is 591. The number of hydrogen-bond acceptors (Lipinski definition) is 3. The molecule has 23 heavy (non-hydrogen) atoms. The number of aryl methyl sites for hydroxylation is 1. The molecule has 1 amide bonds. The van der Waals surface area contributed by atoms with Crippen LogP contribution in [0, 0.1) is 12.8 Å². The van der Waals surface area contributed by atoms with E-state index in [2.05, 4.69) is 4.98 Å². The number of aromatic nitrogens is 1. The maximum absolute atomic E-state index is 12.8. The summed E-state index contributed by atoms with van der Waals surface area (Å²) in [6, 6.07) is 0. The molecule has 0 aliphatic heterocycles. The molecule has 0 aromatic carbocycles. The van der Waals surface area contributed by atoms with Crippen molar-refractivity contribution >= 4 is 11.7 Å². The summed E-state index contributed by atoms with van der Waals surface area (Å²) >= 11 is 0. The molecule has 128 valence electrons. The lowest BCUT2D eigenvalue weighted by molar-refractivity contribution is 0.0687. The third-order valence-corrected chi connectivity index (χ3v) is 4.83. The number of Topliss-reactive ketones (excluding diaryl/α,β-unsaturated/α-hetero) is 1. The van der Waals surface area contributed by atoms with E-state index in [1.165, 1.54) is 0 Å². The Morgan fingerprint density at radius 3 is 2.57 bits per heavy atom. The number of rotatable bonds is 6. The van der Waals surface area contributed by atoms with Crippen LogP contribution in [-0.2, 0) is 6.42 Å². The van der Waals surface area contributed by atoms with E-state index in [0.717, 1.165) is 36.9 Å². The van der Waals surface area contributed by atoms with Crippen LogP contribution in [0.15, 0.2) is 0 Å². The summed E-state index contributed by atoms with van der Waals surface area (Å²) in [5.41, 5.74) is 2.79. The molecular formula is C18H28N2O3. The molecular weight excluding hydrogens is 292 g/mol. The third kappa shape index (κ3) is 3.66. The molecule has 0 radical (unpaired) electrons. The van der Waals surface area contributed by atoms with Crippen molar-refractivity contribution in [2.45, 2.75) is 59.0 Å². The summed E-state index contributed by atoms with van der Waals surface area (Å²) in [6.45, 7) is 5.98. The quantitative estimate of drug-likeness (QED) is 0.792. The van der Waals surface area contributed by atoms with Gasteiger partial charge in [-0.05, 0) is 38.7 Å². The Balaban J connectivity index is 2.24. The van der Waals surface area contributed by atoms with Gasteiger partial charge in [0.1, 0.15) is 5.69 Å². The molecule has 2 unspecified atom stereocenters. The Hall–Kier alpha value is -1.62. The van der Waals surface area contributed by atoms with Gasteiger partial charge in [0.05, 0.1) is 6.10 Å². The van der Waals surface area contributed by atoms with Gasteiger partial charge in [-0.25, -0.2) is 0 Å². The molecule has 1 aromatic rings. The van der Waals surface area contributed by atoms with Crippen molar-refractivity contribution in [2.24, 2.45) is 5.92 Å².